The van der Waals surface area contributed by atoms with E-state index < -0.39 is 0 Å². The second-order valence-electron chi connectivity index (χ2n) is 4.84. The van der Waals surface area contributed by atoms with Gasteiger partial charge in [-0.3, -0.25) is 4.79 Å². The van der Waals surface area contributed by atoms with Gasteiger partial charge in [-0.1, -0.05) is 11.6 Å². The maximum Gasteiger partial charge on any atom is 0.262 e. The molecule has 1 aliphatic rings. The fourth-order valence-corrected chi connectivity index (χ4v) is 3.42. The molecule has 1 amide bonds. The quantitative estimate of drug-likeness (QED) is 0.872. The van der Waals surface area contributed by atoms with E-state index >= 15 is 0 Å². The van der Waals surface area contributed by atoms with E-state index in [2.05, 4.69) is 10.2 Å². The zero-order valence-electron chi connectivity index (χ0n) is 10.8. The molecule has 0 spiro atoms. The molecule has 1 unspecified atom stereocenters. The van der Waals surface area contributed by atoms with Crippen molar-refractivity contribution >= 4 is 28.8 Å². The summed E-state index contributed by atoms with van der Waals surface area (Å²) in [6.07, 6.45) is 2.22. The SMILES string of the molecule is O=C(NCCN1CCCC(CO)C1)c1sccc1Cl. The van der Waals surface area contributed by atoms with Crippen LogP contribution in [0.2, 0.25) is 5.02 Å². The van der Waals surface area contributed by atoms with E-state index in [0.717, 1.165) is 32.5 Å². The van der Waals surface area contributed by atoms with Crippen LogP contribution in [0.15, 0.2) is 11.4 Å². The number of hydrogen-bond donors (Lipinski definition) is 2. The second kappa shape index (κ2) is 7.24. The van der Waals surface area contributed by atoms with Crippen LogP contribution in [0.4, 0.5) is 0 Å². The van der Waals surface area contributed by atoms with Gasteiger partial charge in [0.05, 0.1) is 5.02 Å². The molecule has 0 bridgehead atoms. The Labute approximate surface area is 122 Å². The number of amides is 1. The average Bonchev–Trinajstić information content (AvgIpc) is 2.85. The minimum Gasteiger partial charge on any atom is -0.396 e. The maximum atomic E-state index is 11.8. The number of thiophene rings is 1. The molecular weight excluding hydrogens is 284 g/mol. The predicted molar refractivity (Wildman–Crippen MR) is 77.9 cm³/mol. The Morgan fingerprint density at radius 1 is 1.63 bits per heavy atom. The number of carbonyl (C=O) groups excluding carboxylic acids is 1. The number of carbonyl (C=O) groups is 1. The Kier molecular flexibility index (Phi) is 5.63. The van der Waals surface area contributed by atoms with Crippen LogP contribution in [-0.4, -0.2) is 48.7 Å². The van der Waals surface area contributed by atoms with E-state index in [9.17, 15) is 4.79 Å². The van der Waals surface area contributed by atoms with E-state index in [-0.39, 0.29) is 12.5 Å². The predicted octanol–water partition coefficient (Wildman–Crippen LogP) is 1.84. The van der Waals surface area contributed by atoms with Gasteiger partial charge in [-0.15, -0.1) is 11.3 Å². The van der Waals surface area contributed by atoms with Crippen molar-refractivity contribution in [3.8, 4) is 0 Å². The molecular formula is C13H19ClN2O2S. The van der Waals surface area contributed by atoms with Gasteiger partial charge in [0.1, 0.15) is 4.88 Å². The summed E-state index contributed by atoms with van der Waals surface area (Å²) in [6.45, 7) is 3.67. The highest BCUT2D eigenvalue weighted by molar-refractivity contribution is 7.12. The smallest absolute Gasteiger partial charge is 0.262 e. The van der Waals surface area contributed by atoms with Gasteiger partial charge in [0.25, 0.3) is 5.91 Å². The second-order valence-corrected chi connectivity index (χ2v) is 6.17. The van der Waals surface area contributed by atoms with E-state index in [1.54, 1.807) is 6.07 Å². The van der Waals surface area contributed by atoms with Crippen molar-refractivity contribution in [1.29, 1.82) is 0 Å². The number of piperidine rings is 1. The Balaban J connectivity index is 1.72. The molecule has 4 nitrogen and oxygen atoms in total. The van der Waals surface area contributed by atoms with Gasteiger partial charge in [-0.25, -0.2) is 0 Å². The third-order valence-corrected chi connectivity index (χ3v) is 4.74. The third kappa shape index (κ3) is 4.18. The Bertz CT molecular complexity index is 425. The zero-order valence-corrected chi connectivity index (χ0v) is 12.3. The molecule has 1 saturated heterocycles. The van der Waals surface area contributed by atoms with Crippen LogP contribution in [0.3, 0.4) is 0 Å². The van der Waals surface area contributed by atoms with Crippen molar-refractivity contribution in [2.75, 3.05) is 32.8 Å². The number of halogens is 1. The minimum atomic E-state index is -0.101. The van der Waals surface area contributed by atoms with Gasteiger partial charge in [-0.2, -0.15) is 0 Å². The molecule has 0 aliphatic carbocycles. The number of nitrogens with one attached hydrogen (secondary N) is 1. The first-order valence-corrected chi connectivity index (χ1v) is 7.81. The normalized spacial score (nSPS) is 20.4. The summed E-state index contributed by atoms with van der Waals surface area (Å²) < 4.78 is 0. The van der Waals surface area contributed by atoms with E-state index in [0.29, 0.717) is 22.4 Å². The van der Waals surface area contributed by atoms with Crippen LogP contribution in [0.5, 0.6) is 0 Å². The number of aliphatic hydroxyl groups excluding tert-OH is 1. The molecule has 0 radical (unpaired) electrons. The molecule has 6 heteroatoms. The highest BCUT2D eigenvalue weighted by Crippen LogP contribution is 2.21. The van der Waals surface area contributed by atoms with Crippen LogP contribution in [0.1, 0.15) is 22.5 Å². The van der Waals surface area contributed by atoms with Gasteiger partial charge in [0.15, 0.2) is 0 Å². The Morgan fingerprint density at radius 3 is 3.16 bits per heavy atom. The van der Waals surface area contributed by atoms with Crippen LogP contribution in [-0.2, 0) is 0 Å². The molecule has 1 fully saturated rings. The molecule has 1 aliphatic heterocycles. The summed E-state index contributed by atoms with van der Waals surface area (Å²) in [4.78, 5) is 14.7. The van der Waals surface area contributed by atoms with Crippen molar-refractivity contribution in [2.24, 2.45) is 5.92 Å². The van der Waals surface area contributed by atoms with E-state index in [1.165, 1.54) is 11.3 Å². The topological polar surface area (TPSA) is 52.6 Å². The lowest BCUT2D eigenvalue weighted by molar-refractivity contribution is 0.0934. The zero-order chi connectivity index (χ0) is 13.7. The molecule has 0 aromatic carbocycles. The molecule has 106 valence electrons. The van der Waals surface area contributed by atoms with Gasteiger partial charge >= 0.3 is 0 Å². The van der Waals surface area contributed by atoms with Gasteiger partial charge in [0.2, 0.25) is 0 Å². The summed E-state index contributed by atoms with van der Waals surface area (Å²) in [6, 6.07) is 1.73. The maximum absolute atomic E-state index is 11.8. The number of hydrogen-bond acceptors (Lipinski definition) is 4. The summed E-state index contributed by atoms with van der Waals surface area (Å²) in [5.74, 6) is 0.284. The molecule has 1 aromatic rings. The Hall–Kier alpha value is -0.620. The number of likely N-dealkylation sites (tertiary alicyclic amines) is 1. The fourth-order valence-electron chi connectivity index (χ4n) is 2.37. The fraction of sp³-hybridized carbons (Fsp3) is 0.615. The van der Waals surface area contributed by atoms with Crippen LogP contribution in [0.25, 0.3) is 0 Å². The first-order valence-electron chi connectivity index (χ1n) is 6.55. The van der Waals surface area contributed by atoms with Crippen molar-refractivity contribution in [3.05, 3.63) is 21.3 Å². The van der Waals surface area contributed by atoms with E-state index in [4.69, 9.17) is 16.7 Å². The van der Waals surface area contributed by atoms with Crippen molar-refractivity contribution in [3.63, 3.8) is 0 Å². The molecule has 2 rings (SSSR count). The van der Waals surface area contributed by atoms with E-state index in [1.807, 2.05) is 5.38 Å². The lowest BCUT2D eigenvalue weighted by Gasteiger charge is -2.31. The first-order chi connectivity index (χ1) is 9.20. The van der Waals surface area contributed by atoms with Crippen LogP contribution in [0, 0.1) is 5.92 Å². The first kappa shape index (κ1) is 14.8. The summed E-state index contributed by atoms with van der Waals surface area (Å²) in [7, 11) is 0. The number of rotatable bonds is 5. The molecule has 1 atom stereocenters. The molecule has 2 N–H and O–H groups in total. The molecule has 2 heterocycles. The summed E-state index contributed by atoms with van der Waals surface area (Å²) in [5.41, 5.74) is 0. The van der Waals surface area contributed by atoms with Crippen LogP contribution >= 0.6 is 22.9 Å². The minimum absolute atomic E-state index is 0.101. The molecule has 0 saturated carbocycles. The Morgan fingerprint density at radius 2 is 2.47 bits per heavy atom. The van der Waals surface area contributed by atoms with Gasteiger partial charge in [-0.05, 0) is 36.8 Å². The number of nitrogens with zero attached hydrogens (tertiary/aromatic N) is 1. The monoisotopic (exact) mass is 302 g/mol. The highest BCUT2D eigenvalue weighted by atomic mass is 35.5. The molecule has 1 aromatic heterocycles. The van der Waals surface area contributed by atoms with Crippen molar-refractivity contribution in [1.82, 2.24) is 10.2 Å². The average molecular weight is 303 g/mol. The lowest BCUT2D eigenvalue weighted by Crippen LogP contribution is -2.41. The third-order valence-electron chi connectivity index (χ3n) is 3.40. The van der Waals surface area contributed by atoms with Crippen molar-refractivity contribution in [2.45, 2.75) is 12.8 Å². The summed E-state index contributed by atoms with van der Waals surface area (Å²) in [5, 5.41) is 14.4. The summed E-state index contributed by atoms with van der Waals surface area (Å²) >= 11 is 7.27. The standard InChI is InChI=1S/C13H19ClN2O2S/c14-11-3-7-19-12(11)13(18)15-4-6-16-5-1-2-10(8-16)9-17/h3,7,10,17H,1-2,4-6,8-9H2,(H,15,18). The van der Waals surface area contributed by atoms with Crippen LogP contribution < -0.4 is 5.32 Å². The largest absolute Gasteiger partial charge is 0.396 e. The van der Waals surface area contributed by atoms with Gasteiger partial charge in [0, 0.05) is 26.2 Å². The highest BCUT2D eigenvalue weighted by Gasteiger charge is 2.19. The molecule has 19 heavy (non-hydrogen) atoms. The lowest BCUT2D eigenvalue weighted by atomic mass is 9.99. The van der Waals surface area contributed by atoms with Gasteiger partial charge < -0.3 is 15.3 Å². The number of aliphatic hydroxyl groups is 1. The van der Waals surface area contributed by atoms with Crippen molar-refractivity contribution < 1.29 is 9.90 Å².